The molecule has 1 heterocycles. The number of aromatic amines is 1. The van der Waals surface area contributed by atoms with E-state index in [0.29, 0.717) is 6.42 Å². The van der Waals surface area contributed by atoms with E-state index in [-0.39, 0.29) is 24.0 Å². The molecule has 3 N–H and O–H groups in total. The molecule has 0 aliphatic heterocycles. The van der Waals surface area contributed by atoms with E-state index in [2.05, 4.69) is 14.9 Å². The topological polar surface area (TPSA) is 134 Å². The minimum absolute atomic E-state index is 0.194. The molecule has 0 amide bonds. The lowest BCUT2D eigenvalue weighted by atomic mass is 10.4. The highest BCUT2D eigenvalue weighted by molar-refractivity contribution is 7.99. The minimum Gasteiger partial charge on any atom is -0.481 e. The molecule has 0 fully saturated rings. The molecule has 11 heteroatoms. The Morgan fingerprint density at radius 3 is 2.84 bits per heavy atom. The van der Waals surface area contributed by atoms with E-state index in [1.807, 2.05) is 0 Å². The summed E-state index contributed by atoms with van der Waals surface area (Å²) in [4.78, 5) is 21.9. The van der Waals surface area contributed by atoms with Crippen molar-refractivity contribution in [2.45, 2.75) is 18.1 Å². The van der Waals surface area contributed by atoms with Crippen LogP contribution < -0.4 is 10.4 Å². The van der Waals surface area contributed by atoms with Crippen LogP contribution in [-0.2, 0) is 21.4 Å². The van der Waals surface area contributed by atoms with E-state index in [0.717, 1.165) is 18.0 Å². The Hall–Kier alpha value is -1.33. The Bertz CT molecular complexity index is 591. The summed E-state index contributed by atoms with van der Waals surface area (Å²) in [5.41, 5.74) is -0.452. The average Bonchev–Trinajstić information content (AvgIpc) is 2.62. The Labute approximate surface area is 113 Å². The van der Waals surface area contributed by atoms with Crippen molar-refractivity contribution in [1.29, 1.82) is 0 Å². The van der Waals surface area contributed by atoms with Gasteiger partial charge >= 0.3 is 11.7 Å². The Kier molecular flexibility index (Phi) is 5.57. The molecule has 0 radical (unpaired) electrons. The Morgan fingerprint density at radius 2 is 2.26 bits per heavy atom. The molecular weight excluding hydrogens is 296 g/mol. The zero-order chi connectivity index (χ0) is 14.5. The van der Waals surface area contributed by atoms with Gasteiger partial charge in [0.2, 0.25) is 10.0 Å². The first kappa shape index (κ1) is 15.7. The van der Waals surface area contributed by atoms with E-state index in [4.69, 9.17) is 5.11 Å². The molecule has 1 aromatic heterocycles. The quantitative estimate of drug-likeness (QED) is 0.401. The predicted molar refractivity (Wildman–Crippen MR) is 68.7 cm³/mol. The van der Waals surface area contributed by atoms with E-state index in [1.165, 1.54) is 4.57 Å². The zero-order valence-corrected chi connectivity index (χ0v) is 11.8. The van der Waals surface area contributed by atoms with Gasteiger partial charge in [-0.3, -0.25) is 9.36 Å². The van der Waals surface area contributed by atoms with Crippen molar-refractivity contribution in [3.05, 3.63) is 10.5 Å². The fraction of sp³-hybridized carbons (Fsp3) is 0.625. The third kappa shape index (κ3) is 5.89. The molecule has 9 nitrogen and oxygen atoms in total. The van der Waals surface area contributed by atoms with Gasteiger partial charge in [0.05, 0.1) is 12.0 Å². The predicted octanol–water partition coefficient (Wildman–Crippen LogP) is -1.31. The minimum atomic E-state index is -3.25. The van der Waals surface area contributed by atoms with Crippen LogP contribution in [0.15, 0.2) is 9.95 Å². The lowest BCUT2D eigenvalue weighted by Crippen LogP contribution is -2.25. The molecule has 0 aliphatic carbocycles. The lowest BCUT2D eigenvalue weighted by Gasteiger charge is -2.05. The molecule has 108 valence electrons. The largest absolute Gasteiger partial charge is 0.481 e. The Morgan fingerprint density at radius 1 is 1.58 bits per heavy atom. The second-order valence-electron chi connectivity index (χ2n) is 3.67. The van der Waals surface area contributed by atoms with Crippen molar-refractivity contribution in [3.63, 3.8) is 0 Å². The molecule has 1 aromatic rings. The summed E-state index contributed by atoms with van der Waals surface area (Å²) in [6.07, 6.45) is 1.44. The molecule has 0 unspecified atom stereocenters. The Balaban J connectivity index is 2.55. The molecule has 0 saturated carbocycles. The normalized spacial score (nSPS) is 11.6. The summed E-state index contributed by atoms with van der Waals surface area (Å²) >= 11 is 0.922. The number of carbonyl (C=O) groups is 1. The molecular formula is C8H14N4O5S2. The number of aliphatic carboxylic acids is 1. The van der Waals surface area contributed by atoms with Gasteiger partial charge in [0.15, 0.2) is 5.16 Å². The molecule has 0 aromatic carbocycles. The van der Waals surface area contributed by atoms with Gasteiger partial charge in [0, 0.05) is 13.1 Å². The van der Waals surface area contributed by atoms with Crippen LogP contribution in [0.5, 0.6) is 0 Å². The maximum Gasteiger partial charge on any atom is 0.343 e. The van der Waals surface area contributed by atoms with Crippen LogP contribution in [0.1, 0.15) is 6.42 Å². The van der Waals surface area contributed by atoms with Gasteiger partial charge in [-0.25, -0.2) is 23.0 Å². The van der Waals surface area contributed by atoms with Crippen molar-refractivity contribution in [2.24, 2.45) is 0 Å². The van der Waals surface area contributed by atoms with Gasteiger partial charge in [-0.15, -0.1) is 5.10 Å². The van der Waals surface area contributed by atoms with Gasteiger partial charge < -0.3 is 5.11 Å². The van der Waals surface area contributed by atoms with Crippen molar-refractivity contribution in [1.82, 2.24) is 19.5 Å². The number of aromatic nitrogens is 3. The molecule has 0 aliphatic rings. The number of rotatable bonds is 8. The maximum absolute atomic E-state index is 11.4. The van der Waals surface area contributed by atoms with E-state index in [9.17, 15) is 18.0 Å². The number of H-pyrrole nitrogens is 1. The standard InChI is InChI=1S/C8H14N4O5S2/c1-19(16,17)9-3-2-4-12-7(15)10-11-8(12)18-5-6(13)14/h9H,2-5H2,1H3,(H,10,15)(H,13,14). The number of hydrogen-bond donors (Lipinski definition) is 3. The van der Waals surface area contributed by atoms with Gasteiger partial charge in [0.25, 0.3) is 0 Å². The smallest absolute Gasteiger partial charge is 0.343 e. The van der Waals surface area contributed by atoms with Gasteiger partial charge in [-0.2, -0.15) is 0 Å². The number of carboxylic acid groups (broad SMARTS) is 1. The summed E-state index contributed by atoms with van der Waals surface area (Å²) in [6, 6.07) is 0. The third-order valence-corrected chi connectivity index (χ3v) is 3.66. The average molecular weight is 310 g/mol. The van der Waals surface area contributed by atoms with Crippen molar-refractivity contribution in [2.75, 3.05) is 18.6 Å². The third-order valence-electron chi connectivity index (χ3n) is 1.97. The van der Waals surface area contributed by atoms with Crippen LogP contribution in [0.4, 0.5) is 0 Å². The van der Waals surface area contributed by atoms with Gasteiger partial charge in [-0.05, 0) is 6.42 Å². The second-order valence-corrected chi connectivity index (χ2v) is 6.44. The second kappa shape index (κ2) is 6.73. The van der Waals surface area contributed by atoms with Crippen LogP contribution in [0.25, 0.3) is 0 Å². The molecule has 0 saturated heterocycles. The number of nitrogens with zero attached hydrogens (tertiary/aromatic N) is 2. The maximum atomic E-state index is 11.4. The van der Waals surface area contributed by atoms with E-state index in [1.54, 1.807) is 0 Å². The van der Waals surface area contributed by atoms with Crippen LogP contribution in [0.3, 0.4) is 0 Å². The monoisotopic (exact) mass is 310 g/mol. The van der Waals surface area contributed by atoms with Crippen molar-refractivity contribution in [3.8, 4) is 0 Å². The summed E-state index contributed by atoms with van der Waals surface area (Å²) < 4.78 is 25.2. The van der Waals surface area contributed by atoms with Gasteiger partial charge in [-0.1, -0.05) is 11.8 Å². The highest BCUT2D eigenvalue weighted by atomic mass is 32.2. The molecule has 19 heavy (non-hydrogen) atoms. The van der Waals surface area contributed by atoms with E-state index < -0.39 is 21.7 Å². The number of nitrogens with one attached hydrogen (secondary N) is 2. The first-order chi connectivity index (χ1) is 8.79. The van der Waals surface area contributed by atoms with Crippen LogP contribution in [-0.4, -0.2) is 52.8 Å². The molecule has 0 bridgehead atoms. The molecule has 1 rings (SSSR count). The molecule has 0 spiro atoms. The number of carboxylic acids is 1. The summed E-state index contributed by atoms with van der Waals surface area (Å²) in [5, 5.41) is 14.7. The fourth-order valence-electron chi connectivity index (χ4n) is 1.23. The van der Waals surface area contributed by atoms with E-state index >= 15 is 0 Å². The first-order valence-corrected chi connectivity index (χ1v) is 8.12. The van der Waals surface area contributed by atoms with Crippen LogP contribution in [0.2, 0.25) is 0 Å². The molecule has 0 atom stereocenters. The first-order valence-electron chi connectivity index (χ1n) is 5.24. The summed E-state index contributed by atoms with van der Waals surface area (Å²) in [6.45, 7) is 0.444. The fourth-order valence-corrected chi connectivity index (χ4v) is 2.44. The highest BCUT2D eigenvalue weighted by Gasteiger charge is 2.10. The van der Waals surface area contributed by atoms with Crippen LogP contribution >= 0.6 is 11.8 Å². The highest BCUT2D eigenvalue weighted by Crippen LogP contribution is 2.12. The van der Waals surface area contributed by atoms with Crippen LogP contribution in [0, 0.1) is 0 Å². The van der Waals surface area contributed by atoms with Crippen molar-refractivity contribution < 1.29 is 18.3 Å². The lowest BCUT2D eigenvalue weighted by molar-refractivity contribution is -0.133. The number of thioether (sulfide) groups is 1. The summed E-state index contributed by atoms with van der Waals surface area (Å²) in [7, 11) is -3.25. The number of sulfonamides is 1. The summed E-state index contributed by atoms with van der Waals surface area (Å²) in [5.74, 6) is -1.21. The van der Waals surface area contributed by atoms with Gasteiger partial charge in [0.1, 0.15) is 0 Å². The van der Waals surface area contributed by atoms with Crippen molar-refractivity contribution >= 4 is 27.8 Å². The SMILES string of the molecule is CS(=O)(=O)NCCCn1c(SCC(=O)O)n[nH]c1=O. The zero-order valence-electron chi connectivity index (χ0n) is 10.1. The number of hydrogen-bond acceptors (Lipinski definition) is 6.